The molecule has 0 aliphatic carbocycles. The number of H-pyrrole nitrogens is 1. The first-order valence-corrected chi connectivity index (χ1v) is 9.53. The Kier molecular flexibility index (Phi) is 6.11. The molecule has 0 bridgehead atoms. The number of fused-ring (bicyclic) bond motifs is 1. The third kappa shape index (κ3) is 4.14. The van der Waals surface area contributed by atoms with Crippen molar-refractivity contribution in [1.82, 2.24) is 19.5 Å². The summed E-state index contributed by atoms with van der Waals surface area (Å²) in [5.74, 6) is 0.0391. The van der Waals surface area contributed by atoms with Crippen molar-refractivity contribution >= 4 is 28.9 Å². The van der Waals surface area contributed by atoms with Crippen LogP contribution in [-0.4, -0.2) is 76.7 Å². The number of hydrogen-bond acceptors (Lipinski definition) is 9. The highest BCUT2D eigenvalue weighted by Gasteiger charge is 2.44. The molecule has 3 heterocycles. The predicted octanol–water partition coefficient (Wildman–Crippen LogP) is -1.34. The summed E-state index contributed by atoms with van der Waals surface area (Å²) < 4.78 is 7.20. The van der Waals surface area contributed by atoms with Gasteiger partial charge in [0.25, 0.3) is 5.56 Å². The van der Waals surface area contributed by atoms with Gasteiger partial charge in [-0.3, -0.25) is 14.2 Å². The number of ether oxygens (including phenoxy) is 1. The molecule has 1 aliphatic heterocycles. The van der Waals surface area contributed by atoms with Gasteiger partial charge in [0, 0.05) is 5.75 Å². The van der Waals surface area contributed by atoms with Crippen molar-refractivity contribution in [3.05, 3.63) is 23.0 Å². The highest BCUT2D eigenvalue weighted by molar-refractivity contribution is 7.99. The Morgan fingerprint density at radius 3 is 2.93 bits per heavy atom. The van der Waals surface area contributed by atoms with Crippen molar-refractivity contribution in [1.29, 1.82) is 0 Å². The smallest absolute Gasteiger partial charge is 0.320 e. The molecule has 3 rings (SSSR count). The molecule has 0 aromatic carbocycles. The first-order valence-electron chi connectivity index (χ1n) is 8.38. The number of nitrogens with two attached hydrogens (primary N) is 1. The van der Waals surface area contributed by atoms with Crippen LogP contribution in [0.15, 0.2) is 17.4 Å². The molecule has 5 atom stereocenters. The number of thioether (sulfide) groups is 1. The number of nitrogens with one attached hydrogen (secondary N) is 1. The Balaban J connectivity index is 1.58. The summed E-state index contributed by atoms with van der Waals surface area (Å²) in [6, 6.07) is -0.879. The third-order valence-corrected chi connectivity index (χ3v) is 5.52. The van der Waals surface area contributed by atoms with Gasteiger partial charge >= 0.3 is 5.97 Å². The highest BCUT2D eigenvalue weighted by atomic mass is 32.2. The lowest BCUT2D eigenvalue weighted by molar-refractivity contribution is -0.138. The number of rotatable bonds is 8. The van der Waals surface area contributed by atoms with Gasteiger partial charge in [-0.2, -0.15) is 11.8 Å². The molecule has 11 nitrogen and oxygen atoms in total. The van der Waals surface area contributed by atoms with Crippen LogP contribution in [0.3, 0.4) is 0 Å². The number of carboxylic acid groups (broad SMARTS) is 1. The zero-order valence-electron chi connectivity index (χ0n) is 14.3. The molecule has 2 aromatic rings. The second-order valence-corrected chi connectivity index (χ2v) is 7.41. The zero-order chi connectivity index (χ0) is 19.6. The lowest BCUT2D eigenvalue weighted by Crippen LogP contribution is -2.32. The number of nitrogens with zero attached hydrogens (tertiary/aromatic N) is 3. The van der Waals surface area contributed by atoms with Gasteiger partial charge in [-0.25, -0.2) is 9.97 Å². The lowest BCUT2D eigenvalue weighted by Gasteiger charge is -2.16. The molecule has 2 aromatic heterocycles. The van der Waals surface area contributed by atoms with E-state index in [1.807, 2.05) is 0 Å². The number of aliphatic hydroxyl groups is 2. The molecule has 0 saturated carbocycles. The minimum atomic E-state index is -1.20. The van der Waals surface area contributed by atoms with Crippen molar-refractivity contribution in [2.45, 2.75) is 43.4 Å². The fourth-order valence-corrected chi connectivity index (χ4v) is 3.92. The SMILES string of the molecule is N[C@@H](CCCSC[C@H]1O[C@@H](n2cnc3c(=O)[nH]cnc32)[C@H](O)[C@@H]1O)C(=O)O. The first-order chi connectivity index (χ1) is 12.9. The number of aromatic amines is 1. The molecule has 0 unspecified atom stereocenters. The molecule has 27 heavy (non-hydrogen) atoms. The van der Waals surface area contributed by atoms with E-state index in [2.05, 4.69) is 15.0 Å². The maximum absolute atomic E-state index is 11.7. The standard InChI is InChI=1S/C15H21N5O6S/c16-7(15(24)25)2-1-3-27-4-8-10(21)11(22)14(26-8)20-6-19-9-12(20)17-5-18-13(9)23/h5-8,10-11,14,21-22H,1-4,16H2,(H,24,25)(H,17,18,23)/t7-,8+,10+,11+,14+/m0/s1. The Bertz CT molecular complexity index is 857. The topological polar surface area (TPSA) is 177 Å². The Labute approximate surface area is 157 Å². The fourth-order valence-electron chi connectivity index (χ4n) is 2.87. The van der Waals surface area contributed by atoms with Crippen LogP contribution in [0.25, 0.3) is 11.2 Å². The monoisotopic (exact) mass is 399 g/mol. The zero-order valence-corrected chi connectivity index (χ0v) is 15.1. The fraction of sp³-hybridized carbons (Fsp3) is 0.600. The summed E-state index contributed by atoms with van der Waals surface area (Å²) in [5.41, 5.74) is 5.42. The van der Waals surface area contributed by atoms with Gasteiger partial charge in [-0.1, -0.05) is 0 Å². The van der Waals surface area contributed by atoms with E-state index in [1.165, 1.54) is 29.0 Å². The molecule has 0 spiro atoms. The van der Waals surface area contributed by atoms with Gasteiger partial charge in [0.2, 0.25) is 0 Å². The number of carbonyl (C=O) groups is 1. The number of aliphatic hydroxyl groups excluding tert-OH is 2. The molecule has 6 N–H and O–H groups in total. The van der Waals surface area contributed by atoms with Crippen molar-refractivity contribution < 1.29 is 24.9 Å². The van der Waals surface area contributed by atoms with Gasteiger partial charge in [0.15, 0.2) is 17.4 Å². The minimum absolute atomic E-state index is 0.121. The van der Waals surface area contributed by atoms with Crippen LogP contribution in [0.5, 0.6) is 0 Å². The largest absolute Gasteiger partial charge is 0.480 e. The first kappa shape index (κ1) is 19.8. The van der Waals surface area contributed by atoms with Crippen LogP contribution in [0.1, 0.15) is 19.1 Å². The molecule has 1 fully saturated rings. The lowest BCUT2D eigenvalue weighted by atomic mass is 10.1. The van der Waals surface area contributed by atoms with Crippen LogP contribution in [0, 0.1) is 0 Å². The number of aliphatic carboxylic acids is 1. The molecule has 1 saturated heterocycles. The van der Waals surface area contributed by atoms with Crippen molar-refractivity contribution in [2.24, 2.45) is 5.73 Å². The summed E-state index contributed by atoms with van der Waals surface area (Å²) in [7, 11) is 0. The van der Waals surface area contributed by atoms with Crippen molar-refractivity contribution in [2.75, 3.05) is 11.5 Å². The van der Waals surface area contributed by atoms with E-state index < -0.39 is 42.1 Å². The maximum Gasteiger partial charge on any atom is 0.320 e. The van der Waals surface area contributed by atoms with Gasteiger partial charge in [-0.15, -0.1) is 0 Å². The van der Waals surface area contributed by atoms with E-state index >= 15 is 0 Å². The molecule has 0 amide bonds. The van der Waals surface area contributed by atoms with E-state index in [0.29, 0.717) is 24.3 Å². The van der Waals surface area contributed by atoms with E-state index in [-0.39, 0.29) is 11.2 Å². The predicted molar refractivity (Wildman–Crippen MR) is 96.2 cm³/mol. The Morgan fingerprint density at radius 2 is 2.19 bits per heavy atom. The second kappa shape index (κ2) is 8.35. The average Bonchev–Trinajstić information content (AvgIpc) is 3.18. The Hall–Kier alpha value is -1.99. The summed E-state index contributed by atoms with van der Waals surface area (Å²) >= 11 is 1.48. The van der Waals surface area contributed by atoms with Crippen molar-refractivity contribution in [3.63, 3.8) is 0 Å². The normalized spacial score (nSPS) is 26.5. The minimum Gasteiger partial charge on any atom is -0.480 e. The molecule has 1 aliphatic rings. The average molecular weight is 399 g/mol. The molecule has 0 radical (unpaired) electrons. The van der Waals surface area contributed by atoms with E-state index in [1.54, 1.807) is 0 Å². The summed E-state index contributed by atoms with van der Waals surface area (Å²) in [5, 5.41) is 29.3. The highest BCUT2D eigenvalue weighted by Crippen LogP contribution is 2.32. The molecule has 148 valence electrons. The van der Waals surface area contributed by atoms with Crippen molar-refractivity contribution in [3.8, 4) is 0 Å². The van der Waals surface area contributed by atoms with E-state index in [0.717, 1.165) is 0 Å². The van der Waals surface area contributed by atoms with Crippen LogP contribution in [-0.2, 0) is 9.53 Å². The van der Waals surface area contributed by atoms with Crippen LogP contribution in [0.2, 0.25) is 0 Å². The van der Waals surface area contributed by atoms with E-state index in [4.69, 9.17) is 15.6 Å². The molecule has 12 heteroatoms. The van der Waals surface area contributed by atoms with Gasteiger partial charge in [0.1, 0.15) is 18.2 Å². The van der Waals surface area contributed by atoms with Gasteiger partial charge in [0.05, 0.1) is 18.8 Å². The Morgan fingerprint density at radius 1 is 1.41 bits per heavy atom. The number of hydrogen-bond donors (Lipinski definition) is 5. The van der Waals surface area contributed by atoms with Gasteiger partial charge < -0.3 is 30.8 Å². The van der Waals surface area contributed by atoms with Gasteiger partial charge in [-0.05, 0) is 18.6 Å². The van der Waals surface area contributed by atoms with Crippen LogP contribution >= 0.6 is 11.8 Å². The number of imidazole rings is 1. The van der Waals surface area contributed by atoms with E-state index in [9.17, 15) is 19.8 Å². The quantitative estimate of drug-likeness (QED) is 0.334. The summed E-state index contributed by atoms with van der Waals surface area (Å²) in [6.07, 6.45) is -0.286. The third-order valence-electron chi connectivity index (χ3n) is 4.38. The summed E-state index contributed by atoms with van der Waals surface area (Å²) in [6.45, 7) is 0. The van der Waals surface area contributed by atoms with Crippen LogP contribution in [0.4, 0.5) is 0 Å². The van der Waals surface area contributed by atoms with Crippen LogP contribution < -0.4 is 11.3 Å². The summed E-state index contributed by atoms with van der Waals surface area (Å²) in [4.78, 5) is 32.9. The number of carboxylic acids is 1. The maximum atomic E-state index is 11.7. The molecular formula is C15H21N5O6S. The number of aromatic nitrogens is 4. The second-order valence-electron chi connectivity index (χ2n) is 6.26. The molecular weight excluding hydrogens is 378 g/mol.